The Morgan fingerprint density at radius 2 is 1.60 bits per heavy atom. The summed E-state index contributed by atoms with van der Waals surface area (Å²) in [5.41, 5.74) is 2.81. The minimum absolute atomic E-state index is 0.0243. The number of halogens is 2. The van der Waals surface area contributed by atoms with E-state index in [0.29, 0.717) is 22.5 Å². The molecule has 4 rings (SSSR count). The van der Waals surface area contributed by atoms with Gasteiger partial charge >= 0.3 is 5.97 Å². The van der Waals surface area contributed by atoms with Crippen molar-refractivity contribution in [2.45, 2.75) is 44.4 Å². The highest BCUT2D eigenvalue weighted by Gasteiger charge is 2.40. The fraction of sp³-hybridized carbons (Fsp3) is 0.417. The monoisotopic (exact) mass is 445 g/mol. The number of hydrogen-bond donors (Lipinski definition) is 2. The van der Waals surface area contributed by atoms with E-state index in [4.69, 9.17) is 28.3 Å². The molecule has 1 saturated carbocycles. The molecule has 1 heterocycles. The van der Waals surface area contributed by atoms with Crippen LogP contribution in [0.2, 0.25) is 10.0 Å². The van der Waals surface area contributed by atoms with Gasteiger partial charge in [-0.3, -0.25) is 4.79 Å². The van der Waals surface area contributed by atoms with Crippen LogP contribution in [0.4, 0.5) is 0 Å². The second-order valence-electron chi connectivity index (χ2n) is 8.35. The number of carboxylic acid groups (broad SMARTS) is 1. The fourth-order valence-electron chi connectivity index (χ4n) is 5.09. The number of carbonyl (C=O) groups is 2. The second kappa shape index (κ2) is 8.99. The van der Waals surface area contributed by atoms with Crippen LogP contribution in [0.25, 0.3) is 11.1 Å². The molecule has 2 aliphatic rings. The predicted octanol–water partition coefficient (Wildman–Crippen LogP) is 6.16. The van der Waals surface area contributed by atoms with E-state index in [-0.39, 0.29) is 23.3 Å². The number of amides is 1. The van der Waals surface area contributed by atoms with Gasteiger partial charge in [0.25, 0.3) is 0 Å². The molecule has 2 aromatic carbocycles. The molecule has 1 amide bonds. The summed E-state index contributed by atoms with van der Waals surface area (Å²) in [6.45, 7) is 0.704. The fourth-order valence-corrected chi connectivity index (χ4v) is 5.83. The molecule has 0 spiro atoms. The van der Waals surface area contributed by atoms with Crippen LogP contribution in [-0.4, -0.2) is 23.5 Å². The van der Waals surface area contributed by atoms with Crippen molar-refractivity contribution in [1.82, 2.24) is 5.32 Å². The molecule has 2 fully saturated rings. The molecular formula is C24H25Cl2NO3. The maximum atomic E-state index is 12.6. The zero-order chi connectivity index (χ0) is 21.3. The van der Waals surface area contributed by atoms with Gasteiger partial charge in [-0.1, -0.05) is 54.6 Å². The van der Waals surface area contributed by atoms with Crippen LogP contribution in [0.5, 0.6) is 0 Å². The van der Waals surface area contributed by atoms with Crippen LogP contribution in [0.1, 0.15) is 60.4 Å². The first-order valence-corrected chi connectivity index (χ1v) is 11.3. The summed E-state index contributed by atoms with van der Waals surface area (Å²) in [7, 11) is 0. The summed E-state index contributed by atoms with van der Waals surface area (Å²) in [6.07, 6.45) is 6.61. The molecule has 1 aliphatic carbocycles. The smallest absolute Gasteiger partial charge is 0.335 e. The van der Waals surface area contributed by atoms with Gasteiger partial charge in [0.1, 0.15) is 0 Å². The molecular weight excluding hydrogens is 421 g/mol. The molecule has 0 bridgehead atoms. The Balaban J connectivity index is 1.72. The number of carbonyl (C=O) groups excluding carboxylic acids is 1. The maximum absolute atomic E-state index is 12.6. The molecule has 2 aromatic rings. The van der Waals surface area contributed by atoms with Gasteiger partial charge in [-0.05, 0) is 66.1 Å². The number of hydrogen-bond acceptors (Lipinski definition) is 2. The quantitative estimate of drug-likeness (QED) is 0.578. The van der Waals surface area contributed by atoms with Crippen LogP contribution in [0, 0.1) is 11.8 Å². The van der Waals surface area contributed by atoms with Crippen molar-refractivity contribution < 1.29 is 14.7 Å². The normalized spacial score (nSPS) is 20.7. The van der Waals surface area contributed by atoms with E-state index in [9.17, 15) is 9.59 Å². The molecule has 1 saturated heterocycles. The van der Waals surface area contributed by atoms with Gasteiger partial charge in [-0.2, -0.15) is 0 Å². The average Bonchev–Trinajstić information content (AvgIpc) is 3.16. The average molecular weight is 446 g/mol. The van der Waals surface area contributed by atoms with Gasteiger partial charge < -0.3 is 10.4 Å². The van der Waals surface area contributed by atoms with Gasteiger partial charge in [-0.25, -0.2) is 4.79 Å². The minimum Gasteiger partial charge on any atom is -0.478 e. The molecule has 6 heteroatoms. The minimum atomic E-state index is -0.960. The summed E-state index contributed by atoms with van der Waals surface area (Å²) < 4.78 is 0. The molecule has 2 N–H and O–H groups in total. The van der Waals surface area contributed by atoms with Crippen LogP contribution in [-0.2, 0) is 4.79 Å². The first kappa shape index (κ1) is 21.2. The largest absolute Gasteiger partial charge is 0.478 e. The van der Waals surface area contributed by atoms with Crippen molar-refractivity contribution in [3.63, 3.8) is 0 Å². The third kappa shape index (κ3) is 4.21. The standard InChI is InChI=1S/C24H25Cl2NO3/c25-19-12-17(14-6-8-16(9-7-14)24(29)30)13-20(26)22(19)21(15-4-2-1-3-5-15)18-10-11-27-23(18)28/h6-9,12-13,15,18,21H,1-5,10-11H2,(H,27,28)(H,29,30). The highest BCUT2D eigenvalue weighted by molar-refractivity contribution is 6.36. The Hall–Kier alpha value is -2.04. The van der Waals surface area contributed by atoms with E-state index in [1.54, 1.807) is 24.3 Å². The van der Waals surface area contributed by atoms with Crippen molar-refractivity contribution >= 4 is 35.1 Å². The van der Waals surface area contributed by atoms with E-state index in [1.165, 1.54) is 19.3 Å². The van der Waals surface area contributed by atoms with Gasteiger partial charge in [0, 0.05) is 28.4 Å². The Morgan fingerprint density at radius 3 is 2.13 bits per heavy atom. The molecule has 0 aromatic heterocycles. The van der Waals surface area contributed by atoms with E-state index in [1.807, 2.05) is 12.1 Å². The highest BCUT2D eigenvalue weighted by atomic mass is 35.5. The van der Waals surface area contributed by atoms with Crippen molar-refractivity contribution in [3.05, 3.63) is 57.6 Å². The third-order valence-electron chi connectivity index (χ3n) is 6.56. The first-order valence-electron chi connectivity index (χ1n) is 10.6. The molecule has 2 unspecified atom stereocenters. The zero-order valence-corrected chi connectivity index (χ0v) is 18.2. The van der Waals surface area contributed by atoms with Crippen LogP contribution in [0.15, 0.2) is 36.4 Å². The summed E-state index contributed by atoms with van der Waals surface area (Å²) in [6, 6.07) is 10.4. The number of nitrogens with one attached hydrogen (secondary N) is 1. The van der Waals surface area contributed by atoms with Gasteiger partial charge in [0.05, 0.1) is 5.56 Å². The third-order valence-corrected chi connectivity index (χ3v) is 7.19. The summed E-state index contributed by atoms with van der Waals surface area (Å²) in [5, 5.41) is 13.2. The predicted molar refractivity (Wildman–Crippen MR) is 119 cm³/mol. The van der Waals surface area contributed by atoms with Crippen LogP contribution < -0.4 is 5.32 Å². The van der Waals surface area contributed by atoms with Crippen molar-refractivity contribution in [3.8, 4) is 11.1 Å². The SMILES string of the molecule is O=C(O)c1ccc(-c2cc(Cl)c(C(C3CCCCC3)C3CCNC3=O)c(Cl)c2)cc1. The lowest BCUT2D eigenvalue weighted by Gasteiger charge is -2.34. The maximum Gasteiger partial charge on any atom is 0.335 e. The first-order chi connectivity index (χ1) is 14.5. The van der Waals surface area contributed by atoms with Crippen molar-refractivity contribution in [1.29, 1.82) is 0 Å². The summed E-state index contributed by atoms with van der Waals surface area (Å²) >= 11 is 13.6. The Morgan fingerprint density at radius 1 is 0.967 bits per heavy atom. The van der Waals surface area contributed by atoms with E-state index in [0.717, 1.165) is 36.0 Å². The zero-order valence-electron chi connectivity index (χ0n) is 16.7. The van der Waals surface area contributed by atoms with Gasteiger partial charge in [-0.15, -0.1) is 0 Å². The molecule has 0 radical (unpaired) electrons. The molecule has 2 atom stereocenters. The lowest BCUT2D eigenvalue weighted by atomic mass is 9.70. The number of rotatable bonds is 5. The Labute approximate surface area is 186 Å². The number of aromatic carboxylic acids is 1. The van der Waals surface area contributed by atoms with Crippen LogP contribution >= 0.6 is 23.2 Å². The van der Waals surface area contributed by atoms with E-state index in [2.05, 4.69) is 5.32 Å². The lowest BCUT2D eigenvalue weighted by molar-refractivity contribution is -0.123. The summed E-state index contributed by atoms with van der Waals surface area (Å²) in [4.78, 5) is 23.7. The number of carboxylic acids is 1. The number of benzene rings is 2. The van der Waals surface area contributed by atoms with E-state index < -0.39 is 5.97 Å². The molecule has 1 aliphatic heterocycles. The van der Waals surface area contributed by atoms with Crippen molar-refractivity contribution in [2.24, 2.45) is 11.8 Å². The lowest BCUT2D eigenvalue weighted by Crippen LogP contribution is -2.30. The van der Waals surface area contributed by atoms with Crippen LogP contribution in [0.3, 0.4) is 0 Å². The second-order valence-corrected chi connectivity index (χ2v) is 9.16. The molecule has 30 heavy (non-hydrogen) atoms. The Bertz CT molecular complexity index is 928. The van der Waals surface area contributed by atoms with E-state index >= 15 is 0 Å². The topological polar surface area (TPSA) is 66.4 Å². The van der Waals surface area contributed by atoms with Gasteiger partial charge in [0.15, 0.2) is 0 Å². The Kier molecular flexibility index (Phi) is 6.35. The van der Waals surface area contributed by atoms with Crippen molar-refractivity contribution in [2.75, 3.05) is 6.54 Å². The highest BCUT2D eigenvalue weighted by Crippen LogP contribution is 2.48. The molecule has 4 nitrogen and oxygen atoms in total. The molecule has 158 valence electrons. The summed E-state index contributed by atoms with van der Waals surface area (Å²) in [5.74, 6) is -0.521. The van der Waals surface area contributed by atoms with Gasteiger partial charge in [0.2, 0.25) is 5.91 Å².